The highest BCUT2D eigenvalue weighted by Gasteiger charge is 2.44. The first-order valence-corrected chi connectivity index (χ1v) is 15.8. The molecule has 2 aliphatic carbocycles. The fourth-order valence-electron chi connectivity index (χ4n) is 5.10. The summed E-state index contributed by atoms with van der Waals surface area (Å²) < 4.78 is 0. The maximum Gasteiger partial charge on any atom is 0.337 e. The van der Waals surface area contributed by atoms with E-state index in [0.717, 1.165) is 47.8 Å². The summed E-state index contributed by atoms with van der Waals surface area (Å²) in [5.74, 6) is 5.00. The van der Waals surface area contributed by atoms with E-state index in [1.165, 1.54) is 28.0 Å². The summed E-state index contributed by atoms with van der Waals surface area (Å²) >= 11 is 2.55. The number of aromatic nitrogens is 1. The number of nitrogens with zero attached hydrogens (tertiary/aromatic N) is 4. The molecule has 1 aliphatic heterocycles. The molecule has 3 N–H and O–H groups in total. The van der Waals surface area contributed by atoms with Crippen LogP contribution in [-0.2, 0) is 9.59 Å². The number of hydrogen-bond donors (Lipinski definition) is 2. The van der Waals surface area contributed by atoms with Crippen LogP contribution in [0.5, 0.6) is 0 Å². The third kappa shape index (κ3) is 6.34. The van der Waals surface area contributed by atoms with Crippen molar-refractivity contribution < 1.29 is 19.2 Å². The average Bonchev–Trinajstić information content (AvgIpc) is 3.90. The number of carbonyl (C=O) groups is 4. The number of allylic oxidation sites excluding steroid dienone is 1. The van der Waals surface area contributed by atoms with Crippen molar-refractivity contribution in [3.05, 3.63) is 57.6 Å². The summed E-state index contributed by atoms with van der Waals surface area (Å²) in [6, 6.07) is 8.18. The van der Waals surface area contributed by atoms with E-state index in [-0.39, 0.29) is 10.6 Å². The Morgan fingerprint density at radius 1 is 1.15 bits per heavy atom. The van der Waals surface area contributed by atoms with Gasteiger partial charge in [-0.1, -0.05) is 68.8 Å². The van der Waals surface area contributed by atoms with Gasteiger partial charge in [0.2, 0.25) is 0 Å². The third-order valence-corrected chi connectivity index (χ3v) is 9.77. The Labute approximate surface area is 248 Å². The second-order valence-electron chi connectivity index (χ2n) is 11.3. The second kappa shape index (κ2) is 12.3. The van der Waals surface area contributed by atoms with Crippen molar-refractivity contribution in [1.29, 1.82) is 0 Å². The van der Waals surface area contributed by atoms with E-state index in [9.17, 15) is 19.2 Å². The van der Waals surface area contributed by atoms with E-state index < -0.39 is 29.3 Å². The SMILES string of the molecule is CC1=C(C(=O)N(C(=O)c2csc(N(CC(C)C)C3CC3)n2)[C@H](C=O)CC2CC2)SC(c2ccccc2)N1C(=O)NN. The van der Waals surface area contributed by atoms with Crippen molar-refractivity contribution in [2.45, 2.75) is 70.3 Å². The number of thiazole rings is 1. The molecule has 2 atom stereocenters. The highest BCUT2D eigenvalue weighted by molar-refractivity contribution is 8.04. The molecule has 1 unspecified atom stereocenters. The summed E-state index contributed by atoms with van der Waals surface area (Å²) in [7, 11) is 0. The molecule has 2 fully saturated rings. The number of anilines is 1. The normalized spacial score (nSPS) is 19.3. The van der Waals surface area contributed by atoms with Gasteiger partial charge in [0.15, 0.2) is 5.13 Å². The van der Waals surface area contributed by atoms with Gasteiger partial charge in [-0.15, -0.1) is 11.3 Å². The highest BCUT2D eigenvalue weighted by Crippen LogP contribution is 2.48. The Balaban J connectivity index is 1.48. The van der Waals surface area contributed by atoms with Gasteiger partial charge in [-0.2, -0.15) is 0 Å². The van der Waals surface area contributed by atoms with E-state index in [4.69, 9.17) is 5.84 Å². The average molecular weight is 597 g/mol. The van der Waals surface area contributed by atoms with Crippen LogP contribution in [0.3, 0.4) is 0 Å². The van der Waals surface area contributed by atoms with Crippen molar-refractivity contribution in [3.8, 4) is 0 Å². The van der Waals surface area contributed by atoms with E-state index in [2.05, 4.69) is 29.2 Å². The van der Waals surface area contributed by atoms with Gasteiger partial charge in [0.1, 0.15) is 17.4 Å². The number of imide groups is 1. The van der Waals surface area contributed by atoms with Gasteiger partial charge in [0, 0.05) is 23.7 Å². The van der Waals surface area contributed by atoms with Crippen LogP contribution < -0.4 is 16.2 Å². The van der Waals surface area contributed by atoms with Crippen LogP contribution in [-0.4, -0.2) is 57.5 Å². The Hall–Kier alpha value is -3.22. The van der Waals surface area contributed by atoms with Crippen LogP contribution in [0.4, 0.5) is 9.93 Å². The lowest BCUT2D eigenvalue weighted by Crippen LogP contribution is -2.46. The van der Waals surface area contributed by atoms with E-state index >= 15 is 0 Å². The molecule has 41 heavy (non-hydrogen) atoms. The zero-order valence-electron chi connectivity index (χ0n) is 23.5. The van der Waals surface area contributed by atoms with Crippen LogP contribution in [0, 0.1) is 11.8 Å². The molecule has 4 amide bonds. The van der Waals surface area contributed by atoms with Gasteiger partial charge in [0.05, 0.1) is 10.9 Å². The topological polar surface area (TPSA) is 129 Å². The quantitative estimate of drug-likeness (QED) is 0.126. The van der Waals surface area contributed by atoms with Crippen LogP contribution in [0.2, 0.25) is 0 Å². The summed E-state index contributed by atoms with van der Waals surface area (Å²) in [6.45, 7) is 6.77. The molecule has 12 heteroatoms. The van der Waals surface area contributed by atoms with E-state index in [1.54, 1.807) is 12.3 Å². The third-order valence-electron chi connectivity index (χ3n) is 7.48. The molecule has 0 bridgehead atoms. The maximum atomic E-state index is 14.3. The van der Waals surface area contributed by atoms with Gasteiger partial charge in [-0.05, 0) is 43.6 Å². The molecule has 5 rings (SSSR count). The number of carbonyl (C=O) groups excluding carboxylic acids is 4. The molecule has 10 nitrogen and oxygen atoms in total. The number of hydrogen-bond acceptors (Lipinski definition) is 9. The Morgan fingerprint density at radius 3 is 2.44 bits per heavy atom. The standard InChI is InChI=1S/C29H36N6O4S2/c1-17(2)14-33(21-11-12-21)29-31-23(16-40-29)25(37)35(22(15-36)13-19-9-10-19)26(38)24-18(3)34(28(39)32-30)27(41-24)20-7-5-4-6-8-20/h4-8,15-17,19,21-22,27H,9-14,30H2,1-3H3,(H,32,39)/t22-,27?/m0/s1. The summed E-state index contributed by atoms with van der Waals surface area (Å²) in [5, 5.41) is 1.86. The minimum absolute atomic E-state index is 0.146. The number of thioether (sulfide) groups is 1. The number of rotatable bonds is 11. The minimum Gasteiger partial charge on any atom is -0.345 e. The largest absolute Gasteiger partial charge is 0.345 e. The van der Waals surface area contributed by atoms with Crippen molar-refractivity contribution in [3.63, 3.8) is 0 Å². The first-order chi connectivity index (χ1) is 19.7. The molecular formula is C29H36N6O4S2. The number of nitrogens with one attached hydrogen (secondary N) is 1. The van der Waals surface area contributed by atoms with Crippen LogP contribution in [0.1, 0.15) is 74.3 Å². The molecule has 1 aromatic carbocycles. The zero-order chi connectivity index (χ0) is 29.3. The van der Waals surface area contributed by atoms with Crippen molar-refractivity contribution >= 4 is 52.4 Å². The molecule has 3 aliphatic rings. The molecule has 2 heterocycles. The van der Waals surface area contributed by atoms with Gasteiger partial charge >= 0.3 is 6.03 Å². The minimum atomic E-state index is -0.934. The van der Waals surface area contributed by atoms with Crippen LogP contribution in [0.25, 0.3) is 0 Å². The summed E-state index contributed by atoms with van der Waals surface area (Å²) in [4.78, 5) is 63.1. The summed E-state index contributed by atoms with van der Waals surface area (Å²) in [6.07, 6.45) is 5.20. The van der Waals surface area contributed by atoms with Gasteiger partial charge in [-0.3, -0.25) is 24.8 Å². The highest BCUT2D eigenvalue weighted by atomic mass is 32.2. The van der Waals surface area contributed by atoms with Gasteiger partial charge in [-0.25, -0.2) is 15.6 Å². The van der Waals surface area contributed by atoms with Crippen LogP contribution >= 0.6 is 23.1 Å². The molecule has 0 spiro atoms. The van der Waals surface area contributed by atoms with Crippen molar-refractivity contribution in [2.24, 2.45) is 17.7 Å². The molecule has 1 aromatic heterocycles. The molecule has 218 valence electrons. The van der Waals surface area contributed by atoms with Gasteiger partial charge < -0.3 is 9.69 Å². The monoisotopic (exact) mass is 596 g/mol. The first-order valence-electron chi connectivity index (χ1n) is 14.0. The fourth-order valence-corrected chi connectivity index (χ4v) is 7.33. The lowest BCUT2D eigenvalue weighted by molar-refractivity contribution is -0.129. The van der Waals surface area contributed by atoms with Crippen molar-refractivity contribution in [2.75, 3.05) is 11.4 Å². The number of aldehydes is 1. The first kappa shape index (κ1) is 29.3. The number of hydrazine groups is 1. The number of benzene rings is 1. The fraction of sp³-hybridized carbons (Fsp3) is 0.483. The Bertz CT molecular complexity index is 1340. The lowest BCUT2D eigenvalue weighted by atomic mass is 10.1. The molecule has 2 saturated carbocycles. The van der Waals surface area contributed by atoms with E-state index in [0.29, 0.717) is 36.3 Å². The smallest absolute Gasteiger partial charge is 0.337 e. The summed E-state index contributed by atoms with van der Waals surface area (Å²) in [5.41, 5.74) is 3.46. The van der Waals surface area contributed by atoms with E-state index in [1.807, 2.05) is 30.3 Å². The number of urea groups is 1. The Morgan fingerprint density at radius 2 is 1.85 bits per heavy atom. The molecule has 2 aromatic rings. The molecule has 0 saturated heterocycles. The predicted molar refractivity (Wildman–Crippen MR) is 160 cm³/mol. The maximum absolute atomic E-state index is 14.3. The second-order valence-corrected chi connectivity index (χ2v) is 13.2. The zero-order valence-corrected chi connectivity index (χ0v) is 25.1. The molecule has 0 radical (unpaired) electrons. The van der Waals surface area contributed by atoms with Gasteiger partial charge in [0.25, 0.3) is 11.8 Å². The Kier molecular flexibility index (Phi) is 8.81. The van der Waals surface area contributed by atoms with Crippen LogP contribution in [0.15, 0.2) is 46.3 Å². The number of nitrogens with two attached hydrogens (primary N) is 1. The predicted octanol–water partition coefficient (Wildman–Crippen LogP) is 4.67. The number of amides is 4. The van der Waals surface area contributed by atoms with Crippen molar-refractivity contribution in [1.82, 2.24) is 20.2 Å². The lowest BCUT2D eigenvalue weighted by Gasteiger charge is -2.26. The molecular weight excluding hydrogens is 560 g/mol.